The summed E-state index contributed by atoms with van der Waals surface area (Å²) in [5, 5.41) is 15.6. The smallest absolute Gasteiger partial charge is 0.231 e. The normalized spacial score (nSPS) is 11.1. The maximum atomic E-state index is 13.3. The van der Waals surface area contributed by atoms with Crippen LogP contribution < -0.4 is 10.1 Å². The monoisotopic (exact) mass is 481 g/mol. The summed E-state index contributed by atoms with van der Waals surface area (Å²) >= 11 is 0. The Morgan fingerprint density at radius 3 is 2.19 bits per heavy atom. The molecule has 0 atom stereocenters. The molecule has 2 aromatic heterocycles. The van der Waals surface area contributed by atoms with Gasteiger partial charge in [0, 0.05) is 24.0 Å². The van der Waals surface area contributed by atoms with Gasteiger partial charge in [-0.15, -0.1) is 15.3 Å². The number of benzene rings is 3. The molecule has 36 heavy (non-hydrogen) atoms. The van der Waals surface area contributed by atoms with E-state index < -0.39 is 0 Å². The number of nitrogens with one attached hydrogen (secondary N) is 1. The largest absolute Gasteiger partial charge is 0.475 e. The maximum absolute atomic E-state index is 13.3. The molecule has 1 amide bonds. The van der Waals surface area contributed by atoms with E-state index in [1.54, 1.807) is 28.8 Å². The molecular formula is C28H24FN5O2. The first-order valence-corrected chi connectivity index (χ1v) is 11.7. The Hall–Kier alpha value is -4.59. The van der Waals surface area contributed by atoms with Crippen molar-refractivity contribution in [3.63, 3.8) is 0 Å². The highest BCUT2D eigenvalue weighted by Gasteiger charge is 2.18. The van der Waals surface area contributed by atoms with Crippen molar-refractivity contribution in [2.24, 2.45) is 0 Å². The number of carbonyl (C=O) groups is 1. The summed E-state index contributed by atoms with van der Waals surface area (Å²) in [4.78, 5) is 12.7. The molecular weight excluding hydrogens is 457 g/mol. The van der Waals surface area contributed by atoms with Gasteiger partial charge in [-0.2, -0.15) is 4.52 Å². The molecule has 5 aromatic rings. The van der Waals surface area contributed by atoms with Gasteiger partial charge in [-0.05, 0) is 41.5 Å². The zero-order valence-corrected chi connectivity index (χ0v) is 19.4. The zero-order valence-electron chi connectivity index (χ0n) is 19.4. The number of aromatic nitrogens is 4. The minimum absolute atomic E-state index is 0.0315. The molecule has 0 spiro atoms. The van der Waals surface area contributed by atoms with Gasteiger partial charge in [0.25, 0.3) is 0 Å². The van der Waals surface area contributed by atoms with Gasteiger partial charge in [0.1, 0.15) is 12.4 Å². The maximum Gasteiger partial charge on any atom is 0.231 e. The Balaban J connectivity index is 1.19. The molecule has 0 radical (unpaired) electrons. The molecule has 0 fully saturated rings. The first-order valence-electron chi connectivity index (χ1n) is 11.7. The van der Waals surface area contributed by atoms with E-state index in [2.05, 4.69) is 20.6 Å². The first-order chi connectivity index (χ1) is 17.7. The third kappa shape index (κ3) is 5.38. The Labute approximate surface area is 207 Å². The van der Waals surface area contributed by atoms with Crippen molar-refractivity contribution in [1.29, 1.82) is 0 Å². The summed E-state index contributed by atoms with van der Waals surface area (Å²) < 4.78 is 20.6. The van der Waals surface area contributed by atoms with Gasteiger partial charge in [0.2, 0.25) is 11.8 Å². The Morgan fingerprint density at radius 1 is 0.861 bits per heavy atom. The van der Waals surface area contributed by atoms with E-state index in [1.807, 2.05) is 60.7 Å². The summed E-state index contributed by atoms with van der Waals surface area (Å²) in [6, 6.07) is 29.4. The molecule has 0 aliphatic rings. The van der Waals surface area contributed by atoms with Gasteiger partial charge in [-0.25, -0.2) is 4.39 Å². The SMILES string of the molecule is O=C(CC(c1ccccc1)c1ccccc1)NCCOc1ccc2nnc(-c3ccc(F)cc3)n2n1. The number of hydrogen-bond donors (Lipinski definition) is 1. The summed E-state index contributed by atoms with van der Waals surface area (Å²) in [6.45, 7) is 0.585. The highest BCUT2D eigenvalue weighted by Crippen LogP contribution is 2.27. The van der Waals surface area contributed by atoms with E-state index >= 15 is 0 Å². The van der Waals surface area contributed by atoms with Crippen LogP contribution in [0, 0.1) is 5.82 Å². The highest BCUT2D eigenvalue weighted by molar-refractivity contribution is 5.77. The predicted octanol–water partition coefficient (Wildman–Crippen LogP) is 4.65. The van der Waals surface area contributed by atoms with Crippen LogP contribution in [0.3, 0.4) is 0 Å². The Kier molecular flexibility index (Phi) is 6.93. The van der Waals surface area contributed by atoms with Gasteiger partial charge < -0.3 is 10.1 Å². The minimum atomic E-state index is -0.328. The van der Waals surface area contributed by atoms with Crippen LogP contribution in [0.5, 0.6) is 5.88 Å². The Bertz CT molecular complexity index is 1400. The van der Waals surface area contributed by atoms with E-state index in [1.165, 1.54) is 12.1 Å². The molecule has 7 nitrogen and oxygen atoms in total. The molecule has 1 N–H and O–H groups in total. The second-order valence-corrected chi connectivity index (χ2v) is 8.25. The van der Waals surface area contributed by atoms with Crippen LogP contribution in [0.25, 0.3) is 17.0 Å². The van der Waals surface area contributed by atoms with Gasteiger partial charge in [0.15, 0.2) is 11.5 Å². The van der Waals surface area contributed by atoms with Crippen LogP contribution in [0.4, 0.5) is 4.39 Å². The van der Waals surface area contributed by atoms with Crippen molar-refractivity contribution in [2.75, 3.05) is 13.2 Å². The molecule has 0 saturated carbocycles. The van der Waals surface area contributed by atoms with Gasteiger partial charge in [0.05, 0.1) is 6.54 Å². The molecule has 2 heterocycles. The van der Waals surface area contributed by atoms with Crippen molar-refractivity contribution in [1.82, 2.24) is 25.1 Å². The molecule has 3 aromatic carbocycles. The number of fused-ring (bicyclic) bond motifs is 1. The van der Waals surface area contributed by atoms with E-state index in [4.69, 9.17) is 4.74 Å². The second-order valence-electron chi connectivity index (χ2n) is 8.25. The fraction of sp³-hybridized carbons (Fsp3) is 0.143. The van der Waals surface area contributed by atoms with Crippen LogP contribution in [0.15, 0.2) is 97.1 Å². The highest BCUT2D eigenvalue weighted by atomic mass is 19.1. The molecule has 0 saturated heterocycles. The lowest BCUT2D eigenvalue weighted by Gasteiger charge is -2.18. The third-order valence-corrected chi connectivity index (χ3v) is 5.81. The number of nitrogens with zero attached hydrogens (tertiary/aromatic N) is 4. The fourth-order valence-corrected chi connectivity index (χ4v) is 4.03. The molecule has 0 unspecified atom stereocenters. The fourth-order valence-electron chi connectivity index (χ4n) is 4.03. The number of rotatable bonds is 9. The molecule has 0 aliphatic heterocycles. The number of ether oxygens (including phenoxy) is 1. The number of amides is 1. The van der Waals surface area contributed by atoms with Crippen molar-refractivity contribution in [3.8, 4) is 17.3 Å². The lowest BCUT2D eigenvalue weighted by molar-refractivity contribution is -0.121. The molecule has 0 bridgehead atoms. The molecule has 8 heteroatoms. The number of carbonyl (C=O) groups excluding carboxylic acids is 1. The van der Waals surface area contributed by atoms with Crippen molar-refractivity contribution >= 4 is 11.6 Å². The van der Waals surface area contributed by atoms with Gasteiger partial charge in [-0.1, -0.05) is 60.7 Å². The number of hydrogen-bond acceptors (Lipinski definition) is 5. The standard InChI is InChI=1S/C28H24FN5O2/c29-23-13-11-22(12-14-23)28-32-31-25-15-16-27(33-34(25)28)36-18-17-30-26(35)19-24(20-7-3-1-4-8-20)21-9-5-2-6-10-21/h1-16,24H,17-19H2,(H,30,35). The van der Waals surface area contributed by atoms with Gasteiger partial charge >= 0.3 is 0 Å². The first kappa shape index (κ1) is 23.2. The average molecular weight is 482 g/mol. The van der Waals surface area contributed by atoms with Crippen LogP contribution in [-0.4, -0.2) is 38.9 Å². The Morgan fingerprint density at radius 2 is 1.53 bits per heavy atom. The van der Waals surface area contributed by atoms with E-state index in [9.17, 15) is 9.18 Å². The summed E-state index contributed by atoms with van der Waals surface area (Å²) in [5.74, 6) is 0.432. The lowest BCUT2D eigenvalue weighted by Crippen LogP contribution is -2.29. The molecule has 180 valence electrons. The van der Waals surface area contributed by atoms with Crippen molar-refractivity contribution in [2.45, 2.75) is 12.3 Å². The third-order valence-electron chi connectivity index (χ3n) is 5.81. The van der Waals surface area contributed by atoms with Crippen LogP contribution in [0.1, 0.15) is 23.5 Å². The summed E-state index contributed by atoms with van der Waals surface area (Å²) in [5.41, 5.74) is 3.42. The predicted molar refractivity (Wildman–Crippen MR) is 134 cm³/mol. The molecule has 5 rings (SSSR count). The van der Waals surface area contributed by atoms with Crippen LogP contribution >= 0.6 is 0 Å². The molecule has 0 aliphatic carbocycles. The van der Waals surface area contributed by atoms with E-state index in [-0.39, 0.29) is 24.2 Å². The van der Waals surface area contributed by atoms with E-state index in [0.717, 1.165) is 11.1 Å². The van der Waals surface area contributed by atoms with Gasteiger partial charge in [-0.3, -0.25) is 4.79 Å². The van der Waals surface area contributed by atoms with E-state index in [0.29, 0.717) is 35.9 Å². The van der Waals surface area contributed by atoms with Crippen molar-refractivity contribution in [3.05, 3.63) is 114 Å². The van der Waals surface area contributed by atoms with Crippen LogP contribution in [-0.2, 0) is 4.79 Å². The van der Waals surface area contributed by atoms with Crippen molar-refractivity contribution < 1.29 is 13.9 Å². The average Bonchev–Trinajstić information content (AvgIpc) is 3.34. The summed E-state index contributed by atoms with van der Waals surface area (Å²) in [6.07, 6.45) is 0.333. The zero-order chi connectivity index (χ0) is 24.7. The minimum Gasteiger partial charge on any atom is -0.475 e. The summed E-state index contributed by atoms with van der Waals surface area (Å²) in [7, 11) is 0. The second kappa shape index (κ2) is 10.8. The van der Waals surface area contributed by atoms with Crippen LogP contribution in [0.2, 0.25) is 0 Å². The topological polar surface area (TPSA) is 81.4 Å². The quantitative estimate of drug-likeness (QED) is 0.310. The lowest BCUT2D eigenvalue weighted by atomic mass is 9.88. The number of halogens is 1.